The molecule has 164 valence electrons. The first-order valence-corrected chi connectivity index (χ1v) is 7.37. The molecule has 1 nitrogen and oxygen atoms in total. The molecule has 0 radical (unpaired) electrons. The molecule has 1 atom stereocenters. The van der Waals surface area contributed by atoms with Crippen molar-refractivity contribution < 1.29 is 61.8 Å². The molecule has 1 aliphatic rings. The van der Waals surface area contributed by atoms with E-state index in [0.29, 0.717) is 0 Å². The zero-order valence-electron chi connectivity index (χ0n) is 12.0. The van der Waals surface area contributed by atoms with Gasteiger partial charge in [0.15, 0.2) is 4.30 Å². The minimum Gasteiger partial charge on any atom is -0.373 e. The fraction of sp³-hybridized carbons (Fsp3) is 1.00. The summed E-state index contributed by atoms with van der Waals surface area (Å²) >= 11 is 14.4. The van der Waals surface area contributed by atoms with Gasteiger partial charge in [-0.15, -0.1) is 0 Å². The molecular weight excluding hydrogens is 489 g/mol. The molecule has 17 heteroatoms. The van der Waals surface area contributed by atoms with Crippen molar-refractivity contribution in [1.82, 2.24) is 0 Å². The predicted molar refractivity (Wildman–Crippen MR) is 66.5 cm³/mol. The van der Waals surface area contributed by atoms with Gasteiger partial charge in [-0.3, -0.25) is 0 Å². The highest BCUT2D eigenvalue weighted by Crippen LogP contribution is 2.61. The lowest BCUT2D eigenvalue weighted by Gasteiger charge is -2.39. The number of epoxide rings is 1. The van der Waals surface area contributed by atoms with Crippen LogP contribution in [0.3, 0.4) is 0 Å². The van der Waals surface area contributed by atoms with Crippen LogP contribution in [-0.4, -0.2) is 52.8 Å². The third kappa shape index (κ3) is 5.30. The van der Waals surface area contributed by atoms with Crippen LogP contribution < -0.4 is 0 Å². The number of hydrogen-bond donors (Lipinski definition) is 0. The van der Waals surface area contributed by atoms with E-state index in [4.69, 9.17) is 34.8 Å². The molecule has 0 saturated carbocycles. The summed E-state index contributed by atoms with van der Waals surface area (Å²) in [6.07, 6.45) is -11.4. The average molecular weight is 495 g/mol. The molecule has 0 aromatic rings. The Morgan fingerprint density at radius 3 is 1.22 bits per heavy atom. The van der Waals surface area contributed by atoms with Gasteiger partial charge in [0.05, 0.1) is 12.7 Å². The highest BCUT2D eigenvalue weighted by Gasteiger charge is 2.90. The largest absolute Gasteiger partial charge is 0.460 e. The van der Waals surface area contributed by atoms with E-state index >= 15 is 0 Å². The molecular formula is C10H6Cl3F13O. The Hall–Kier alpha value is -0.0800. The maximum atomic E-state index is 13.0. The van der Waals surface area contributed by atoms with Crippen LogP contribution in [0.1, 0.15) is 6.42 Å². The third-order valence-corrected chi connectivity index (χ3v) is 2.88. The Labute approximate surface area is 156 Å². The molecule has 1 saturated heterocycles. The van der Waals surface area contributed by atoms with Gasteiger partial charge in [-0.05, 0) is 0 Å². The number of rotatable bonds is 6. The van der Waals surface area contributed by atoms with Gasteiger partial charge < -0.3 is 4.74 Å². The Bertz CT molecular complexity index is 498. The Kier molecular flexibility index (Phi) is 7.95. The molecule has 0 bridgehead atoms. The first kappa shape index (κ1) is 26.9. The van der Waals surface area contributed by atoms with E-state index in [1.165, 1.54) is 0 Å². The summed E-state index contributed by atoms with van der Waals surface area (Å²) in [4.78, 5) is 0. The van der Waals surface area contributed by atoms with Crippen LogP contribution >= 0.6 is 34.8 Å². The highest BCUT2D eigenvalue weighted by molar-refractivity contribution is 6.63. The minimum absolute atomic E-state index is 0.619. The van der Waals surface area contributed by atoms with Crippen LogP contribution in [0, 0.1) is 0 Å². The maximum absolute atomic E-state index is 13.0. The predicted octanol–water partition coefficient (Wildman–Crippen LogP) is 6.50. The fourth-order valence-electron chi connectivity index (χ4n) is 1.40. The number of alkyl halides is 16. The van der Waals surface area contributed by atoms with E-state index in [0.717, 1.165) is 0 Å². The normalized spacial score (nSPS) is 19.7. The molecule has 27 heavy (non-hydrogen) atoms. The molecule has 0 aromatic carbocycles. The highest BCUT2D eigenvalue weighted by atomic mass is 35.6. The monoisotopic (exact) mass is 494 g/mol. The van der Waals surface area contributed by atoms with Gasteiger partial charge >= 0.3 is 35.8 Å². The van der Waals surface area contributed by atoms with E-state index in [1.807, 2.05) is 0 Å². The average Bonchev–Trinajstić information content (AvgIpc) is 3.18. The summed E-state index contributed by atoms with van der Waals surface area (Å²) in [7, 11) is 0. The first-order chi connectivity index (χ1) is 11.6. The standard InChI is InChI=1S/C9H5F13O.CHCl3/c10-4(11,1-3-2-23-3)5(12,13)6(14,15)7(16,17)8(18,19)9(20,21)22;2-1(3)4/h3H,1-2H2;1H. The van der Waals surface area contributed by atoms with Crippen LogP contribution in [0.5, 0.6) is 0 Å². The quantitative estimate of drug-likeness (QED) is 0.233. The molecule has 1 aliphatic heterocycles. The summed E-state index contributed by atoms with van der Waals surface area (Å²) < 4.78 is 167. The summed E-state index contributed by atoms with van der Waals surface area (Å²) in [6.45, 7) is -0.619. The second kappa shape index (κ2) is 7.98. The van der Waals surface area contributed by atoms with Gasteiger partial charge in [-0.1, -0.05) is 34.8 Å². The van der Waals surface area contributed by atoms with Gasteiger partial charge in [0.2, 0.25) is 0 Å². The van der Waals surface area contributed by atoms with Crippen molar-refractivity contribution in [2.45, 2.75) is 52.6 Å². The third-order valence-electron chi connectivity index (χ3n) is 2.88. The maximum Gasteiger partial charge on any atom is 0.460 e. The molecule has 0 aromatic heterocycles. The van der Waals surface area contributed by atoms with Crippen molar-refractivity contribution in [3.05, 3.63) is 0 Å². The van der Waals surface area contributed by atoms with Crippen molar-refractivity contribution in [3.8, 4) is 0 Å². The van der Waals surface area contributed by atoms with Crippen molar-refractivity contribution in [1.29, 1.82) is 0 Å². The second-order valence-electron chi connectivity index (χ2n) is 4.91. The topological polar surface area (TPSA) is 12.5 Å². The molecule has 0 amide bonds. The lowest BCUT2D eigenvalue weighted by molar-refractivity contribution is -0.440. The summed E-state index contributed by atoms with van der Waals surface area (Å²) in [5.41, 5.74) is 0. The summed E-state index contributed by atoms with van der Waals surface area (Å²) in [6, 6.07) is 0. The second-order valence-corrected chi connectivity index (χ2v) is 6.89. The Balaban J connectivity index is 0.00000153. The lowest BCUT2D eigenvalue weighted by Crippen LogP contribution is -2.70. The van der Waals surface area contributed by atoms with Crippen LogP contribution in [0.4, 0.5) is 57.1 Å². The Morgan fingerprint density at radius 2 is 0.963 bits per heavy atom. The first-order valence-electron chi connectivity index (χ1n) is 6.06. The SMILES string of the molecule is ClC(Cl)Cl.FC(F)(F)C(F)(F)C(F)(F)C(F)(F)C(F)(F)C(F)(F)CC1CO1. The zero-order valence-corrected chi connectivity index (χ0v) is 14.3. The van der Waals surface area contributed by atoms with Crippen LogP contribution in [0.2, 0.25) is 0 Å². The molecule has 0 spiro atoms. The van der Waals surface area contributed by atoms with Crippen LogP contribution in [-0.2, 0) is 4.74 Å². The van der Waals surface area contributed by atoms with Crippen molar-refractivity contribution in [3.63, 3.8) is 0 Å². The lowest BCUT2D eigenvalue weighted by atomic mass is 9.92. The van der Waals surface area contributed by atoms with Crippen LogP contribution in [0.15, 0.2) is 0 Å². The number of hydrogen-bond acceptors (Lipinski definition) is 1. The fourth-order valence-corrected chi connectivity index (χ4v) is 1.40. The molecule has 1 heterocycles. The minimum atomic E-state index is -7.84. The van der Waals surface area contributed by atoms with E-state index in [-0.39, 0.29) is 0 Å². The van der Waals surface area contributed by atoms with E-state index in [9.17, 15) is 57.1 Å². The zero-order chi connectivity index (χ0) is 22.3. The summed E-state index contributed by atoms with van der Waals surface area (Å²) in [5.74, 6) is -36.5. The smallest absolute Gasteiger partial charge is 0.373 e. The molecule has 1 rings (SSSR count). The van der Waals surface area contributed by atoms with E-state index < -0.39 is 59.2 Å². The number of ether oxygens (including phenoxy) is 1. The Morgan fingerprint density at radius 1 is 0.667 bits per heavy atom. The molecule has 1 fully saturated rings. The van der Waals surface area contributed by atoms with Crippen molar-refractivity contribution >= 4 is 34.8 Å². The van der Waals surface area contributed by atoms with Gasteiger partial charge in [0.1, 0.15) is 0 Å². The molecule has 0 aliphatic carbocycles. The van der Waals surface area contributed by atoms with Crippen LogP contribution in [0.25, 0.3) is 0 Å². The summed E-state index contributed by atoms with van der Waals surface area (Å²) in [5, 5.41) is 0. The van der Waals surface area contributed by atoms with E-state index in [2.05, 4.69) is 4.74 Å². The molecule has 1 unspecified atom stereocenters. The van der Waals surface area contributed by atoms with Crippen molar-refractivity contribution in [2.24, 2.45) is 0 Å². The van der Waals surface area contributed by atoms with Gasteiger partial charge in [0, 0.05) is 6.42 Å². The van der Waals surface area contributed by atoms with E-state index in [1.54, 1.807) is 0 Å². The number of halogens is 16. The van der Waals surface area contributed by atoms with Gasteiger partial charge in [0.25, 0.3) is 0 Å². The van der Waals surface area contributed by atoms with Gasteiger partial charge in [-0.2, -0.15) is 57.1 Å². The van der Waals surface area contributed by atoms with Crippen molar-refractivity contribution in [2.75, 3.05) is 6.61 Å². The van der Waals surface area contributed by atoms with Gasteiger partial charge in [-0.25, -0.2) is 0 Å². The molecule has 0 N–H and O–H groups in total.